The Morgan fingerprint density at radius 1 is 1.38 bits per heavy atom. The van der Waals surface area contributed by atoms with Crippen molar-refractivity contribution in [3.63, 3.8) is 0 Å². The number of carbonyl (C=O) groups excluding carboxylic acids is 1. The summed E-state index contributed by atoms with van der Waals surface area (Å²) >= 11 is 0. The first-order chi connectivity index (χ1) is 9.75. The summed E-state index contributed by atoms with van der Waals surface area (Å²) in [5, 5.41) is 7.91. The summed E-state index contributed by atoms with van der Waals surface area (Å²) in [7, 11) is 0. The van der Waals surface area contributed by atoms with Gasteiger partial charge in [-0.15, -0.1) is 0 Å². The van der Waals surface area contributed by atoms with Crippen molar-refractivity contribution in [1.29, 1.82) is 0 Å². The van der Waals surface area contributed by atoms with Crippen LogP contribution in [0.1, 0.15) is 51.6 Å². The molecule has 120 valence electrons. The van der Waals surface area contributed by atoms with Gasteiger partial charge in [-0.3, -0.25) is 10.00 Å². The van der Waals surface area contributed by atoms with E-state index in [-0.39, 0.29) is 12.0 Å². The molecule has 0 aliphatic carbocycles. The molecular formula is C16H29N3O2. The highest BCUT2D eigenvalue weighted by Gasteiger charge is 2.36. The molecule has 0 fully saturated rings. The van der Waals surface area contributed by atoms with E-state index < -0.39 is 5.54 Å². The van der Waals surface area contributed by atoms with E-state index in [0.717, 1.165) is 17.8 Å². The van der Waals surface area contributed by atoms with Crippen LogP contribution >= 0.6 is 0 Å². The second-order valence-electron chi connectivity index (χ2n) is 6.01. The van der Waals surface area contributed by atoms with Gasteiger partial charge in [0.15, 0.2) is 0 Å². The molecule has 0 radical (unpaired) electrons. The maximum atomic E-state index is 12.4. The van der Waals surface area contributed by atoms with Crippen LogP contribution in [0.4, 0.5) is 0 Å². The van der Waals surface area contributed by atoms with Crippen molar-refractivity contribution in [1.82, 2.24) is 15.1 Å². The average Bonchev–Trinajstić information content (AvgIpc) is 2.63. The third-order valence-corrected chi connectivity index (χ3v) is 3.68. The summed E-state index contributed by atoms with van der Waals surface area (Å²) < 4.78 is 7.16. The lowest BCUT2D eigenvalue weighted by Gasteiger charge is -2.31. The van der Waals surface area contributed by atoms with Crippen molar-refractivity contribution < 1.29 is 9.53 Å². The van der Waals surface area contributed by atoms with Gasteiger partial charge in [-0.2, -0.15) is 5.10 Å². The van der Waals surface area contributed by atoms with Gasteiger partial charge in [-0.25, -0.2) is 4.79 Å². The second-order valence-corrected chi connectivity index (χ2v) is 6.01. The van der Waals surface area contributed by atoms with E-state index in [2.05, 4.69) is 24.3 Å². The van der Waals surface area contributed by atoms with E-state index in [0.29, 0.717) is 13.2 Å². The molecule has 0 aliphatic rings. The van der Waals surface area contributed by atoms with E-state index >= 15 is 0 Å². The average molecular weight is 295 g/mol. The molecule has 0 bridgehead atoms. The van der Waals surface area contributed by atoms with Gasteiger partial charge >= 0.3 is 5.97 Å². The predicted molar refractivity (Wildman–Crippen MR) is 84.4 cm³/mol. The Labute approximate surface area is 128 Å². The van der Waals surface area contributed by atoms with Gasteiger partial charge in [0, 0.05) is 11.7 Å². The van der Waals surface area contributed by atoms with Gasteiger partial charge in [0.2, 0.25) is 0 Å². The first kappa shape index (κ1) is 17.7. The molecule has 0 saturated carbocycles. The molecule has 1 aromatic heterocycles. The molecule has 5 heteroatoms. The highest BCUT2D eigenvalue weighted by Crippen LogP contribution is 2.18. The maximum Gasteiger partial charge on any atom is 0.327 e. The molecule has 5 nitrogen and oxygen atoms in total. The van der Waals surface area contributed by atoms with Crippen LogP contribution in [0.5, 0.6) is 0 Å². The minimum Gasteiger partial charge on any atom is -0.465 e. The van der Waals surface area contributed by atoms with Crippen LogP contribution < -0.4 is 5.32 Å². The lowest BCUT2D eigenvalue weighted by molar-refractivity contribution is -0.151. The van der Waals surface area contributed by atoms with Crippen LogP contribution in [0.2, 0.25) is 0 Å². The van der Waals surface area contributed by atoms with Crippen LogP contribution in [0.15, 0.2) is 0 Å². The van der Waals surface area contributed by atoms with Crippen LogP contribution in [0.25, 0.3) is 0 Å². The fourth-order valence-electron chi connectivity index (χ4n) is 2.80. The summed E-state index contributed by atoms with van der Waals surface area (Å²) in [6.45, 7) is 14.8. The van der Waals surface area contributed by atoms with Crippen LogP contribution in [0, 0.1) is 13.8 Å². The molecule has 1 rings (SSSR count). The largest absolute Gasteiger partial charge is 0.465 e. The van der Waals surface area contributed by atoms with Crippen LogP contribution in [-0.2, 0) is 22.5 Å². The normalized spacial score (nSPS) is 14.3. The third-order valence-electron chi connectivity index (χ3n) is 3.68. The molecule has 0 saturated heterocycles. The van der Waals surface area contributed by atoms with E-state index in [4.69, 9.17) is 4.74 Å². The molecule has 1 N–H and O–H groups in total. The van der Waals surface area contributed by atoms with Crippen LogP contribution in [0.3, 0.4) is 0 Å². The molecule has 0 aliphatic heterocycles. The van der Waals surface area contributed by atoms with Gasteiger partial charge in [-0.1, -0.05) is 6.92 Å². The number of hydrogen-bond acceptors (Lipinski definition) is 4. The van der Waals surface area contributed by atoms with E-state index in [1.165, 1.54) is 5.56 Å². The van der Waals surface area contributed by atoms with Gasteiger partial charge in [0.25, 0.3) is 0 Å². The van der Waals surface area contributed by atoms with Crippen molar-refractivity contribution in [2.24, 2.45) is 0 Å². The van der Waals surface area contributed by atoms with E-state index in [1.54, 1.807) is 0 Å². The summed E-state index contributed by atoms with van der Waals surface area (Å²) in [6, 6.07) is 0.182. The number of rotatable bonds is 7. The first-order valence-corrected chi connectivity index (χ1v) is 7.73. The smallest absolute Gasteiger partial charge is 0.327 e. The SMILES string of the molecule is CCOC(=O)C(C)(Cn1nc(C)c(CC)c1C)NC(C)C. The zero-order chi connectivity index (χ0) is 16.2. The zero-order valence-electron chi connectivity index (χ0n) is 14.4. The van der Waals surface area contributed by atoms with Gasteiger partial charge in [0.1, 0.15) is 5.54 Å². The number of ether oxygens (including phenoxy) is 1. The summed E-state index contributed by atoms with van der Waals surface area (Å²) in [5.74, 6) is -0.232. The van der Waals surface area contributed by atoms with Crippen molar-refractivity contribution in [3.05, 3.63) is 17.0 Å². The Morgan fingerprint density at radius 3 is 2.43 bits per heavy atom. The minimum atomic E-state index is -0.779. The van der Waals surface area contributed by atoms with Crippen molar-refractivity contribution in [2.45, 2.75) is 73.0 Å². The Hall–Kier alpha value is -1.36. The first-order valence-electron chi connectivity index (χ1n) is 7.73. The molecule has 0 spiro atoms. The number of esters is 1. The Bertz CT molecular complexity index is 494. The number of aryl methyl sites for hydroxylation is 1. The van der Waals surface area contributed by atoms with E-state index in [1.807, 2.05) is 39.3 Å². The third kappa shape index (κ3) is 4.06. The van der Waals surface area contributed by atoms with Gasteiger partial charge in [-0.05, 0) is 53.5 Å². The van der Waals surface area contributed by atoms with E-state index in [9.17, 15) is 4.79 Å². The van der Waals surface area contributed by atoms with Crippen molar-refractivity contribution >= 4 is 5.97 Å². The highest BCUT2D eigenvalue weighted by molar-refractivity contribution is 5.80. The topological polar surface area (TPSA) is 56.2 Å². The van der Waals surface area contributed by atoms with Gasteiger partial charge in [0.05, 0.1) is 18.8 Å². The second kappa shape index (κ2) is 7.07. The number of carbonyl (C=O) groups is 1. The van der Waals surface area contributed by atoms with Crippen molar-refractivity contribution in [3.8, 4) is 0 Å². The lowest BCUT2D eigenvalue weighted by Crippen LogP contribution is -2.56. The summed E-state index contributed by atoms with van der Waals surface area (Å²) in [5.41, 5.74) is 2.63. The Kier molecular flexibility index (Phi) is 5.96. The Balaban J connectivity index is 3.09. The molecule has 0 aromatic carbocycles. The number of hydrogen-bond donors (Lipinski definition) is 1. The number of nitrogens with zero attached hydrogens (tertiary/aromatic N) is 2. The minimum absolute atomic E-state index is 0.182. The van der Waals surface area contributed by atoms with Gasteiger partial charge < -0.3 is 4.74 Å². The molecule has 0 amide bonds. The fourth-order valence-corrected chi connectivity index (χ4v) is 2.80. The zero-order valence-corrected chi connectivity index (χ0v) is 14.4. The summed E-state index contributed by atoms with van der Waals surface area (Å²) in [6.07, 6.45) is 0.950. The van der Waals surface area contributed by atoms with Crippen LogP contribution in [-0.4, -0.2) is 33.9 Å². The fraction of sp³-hybridized carbons (Fsp3) is 0.750. The molecule has 1 aromatic rings. The number of nitrogens with one attached hydrogen (secondary N) is 1. The molecule has 1 atom stereocenters. The maximum absolute atomic E-state index is 12.4. The molecule has 1 unspecified atom stereocenters. The molecular weight excluding hydrogens is 266 g/mol. The lowest BCUT2D eigenvalue weighted by atomic mass is 10.0. The molecule has 21 heavy (non-hydrogen) atoms. The summed E-state index contributed by atoms with van der Waals surface area (Å²) in [4.78, 5) is 12.4. The standard InChI is InChI=1S/C16H29N3O2/c1-8-14-12(5)18-19(13(14)6)10-16(7,17-11(3)4)15(20)21-9-2/h11,17H,8-10H2,1-7H3. The number of aromatic nitrogens is 2. The monoisotopic (exact) mass is 295 g/mol. The van der Waals surface area contributed by atoms with Crippen molar-refractivity contribution in [2.75, 3.05) is 6.61 Å². The quantitative estimate of drug-likeness (QED) is 0.785. The predicted octanol–water partition coefficient (Wildman–Crippen LogP) is 2.38. The Morgan fingerprint density at radius 2 is 2.00 bits per heavy atom. The highest BCUT2D eigenvalue weighted by atomic mass is 16.5. The molecule has 1 heterocycles.